The van der Waals surface area contributed by atoms with Crippen molar-refractivity contribution in [3.63, 3.8) is 0 Å². The Kier molecular flexibility index (Phi) is 6.78. The molecule has 57 heavy (non-hydrogen) atoms. The van der Waals surface area contributed by atoms with Crippen LogP contribution in [0.4, 0.5) is 0 Å². The molecule has 0 heteroatoms. The van der Waals surface area contributed by atoms with E-state index >= 15 is 0 Å². The average molecular weight is 723 g/mol. The molecule has 2 aliphatic rings. The van der Waals surface area contributed by atoms with Crippen molar-refractivity contribution in [3.05, 3.63) is 205 Å². The molecule has 0 nitrogen and oxygen atoms in total. The van der Waals surface area contributed by atoms with Gasteiger partial charge in [0.25, 0.3) is 0 Å². The number of benzene rings is 10. The van der Waals surface area contributed by atoms with E-state index in [1.807, 2.05) is 0 Å². The summed E-state index contributed by atoms with van der Waals surface area (Å²) < 4.78 is 0. The summed E-state index contributed by atoms with van der Waals surface area (Å²) in [6, 6.07) is 72.7. The maximum absolute atomic E-state index is 2.44. The molecule has 0 aromatic heterocycles. The van der Waals surface area contributed by atoms with Crippen LogP contribution < -0.4 is 0 Å². The lowest BCUT2D eigenvalue weighted by atomic mass is 9.80. The molecule has 0 bridgehead atoms. The van der Waals surface area contributed by atoms with E-state index in [1.54, 1.807) is 0 Å². The van der Waals surface area contributed by atoms with Gasteiger partial charge in [0.2, 0.25) is 0 Å². The van der Waals surface area contributed by atoms with Gasteiger partial charge in [-0.05, 0) is 158 Å². The minimum absolute atomic E-state index is 0.106. The summed E-state index contributed by atoms with van der Waals surface area (Å²) in [5.74, 6) is 0. The smallest absolute Gasteiger partial charge is 0.0159 e. The standard InChI is InChI=1S/C57H38/c1-57(2)54-33-43(41-18-17-35-9-3-4-10-36(35)29-41)23-25-49(54)50-26-24-44(34-55(50)57)42-22-21-39-30-38(19-20-40(39)31-42)37-11-7-12-45(32-37)46-27-28-53-48-14-6-5-13-47(48)52-16-8-15-51(46)56(52)53/h3-34H,1-2H3. The van der Waals surface area contributed by atoms with Crippen molar-refractivity contribution in [1.82, 2.24) is 0 Å². The van der Waals surface area contributed by atoms with Crippen molar-refractivity contribution >= 4 is 32.3 Å². The van der Waals surface area contributed by atoms with E-state index in [2.05, 4.69) is 208 Å². The van der Waals surface area contributed by atoms with Crippen LogP contribution in [0.15, 0.2) is 194 Å². The van der Waals surface area contributed by atoms with E-state index in [4.69, 9.17) is 0 Å². The molecule has 10 aromatic rings. The van der Waals surface area contributed by atoms with Gasteiger partial charge >= 0.3 is 0 Å². The molecule has 10 aromatic carbocycles. The highest BCUT2D eigenvalue weighted by Crippen LogP contribution is 2.52. The van der Waals surface area contributed by atoms with Crippen LogP contribution in [0.2, 0.25) is 0 Å². The van der Waals surface area contributed by atoms with Gasteiger partial charge in [-0.25, -0.2) is 0 Å². The van der Waals surface area contributed by atoms with E-state index in [9.17, 15) is 0 Å². The lowest BCUT2D eigenvalue weighted by Gasteiger charge is -2.22. The van der Waals surface area contributed by atoms with E-state index < -0.39 is 0 Å². The van der Waals surface area contributed by atoms with Crippen molar-refractivity contribution in [2.24, 2.45) is 0 Å². The molecule has 0 N–H and O–H groups in total. The monoisotopic (exact) mass is 722 g/mol. The molecular weight excluding hydrogens is 685 g/mol. The number of fused-ring (bicyclic) bond motifs is 8. The Hall–Kier alpha value is -7.02. The summed E-state index contributed by atoms with van der Waals surface area (Å²) in [6.07, 6.45) is 0. The number of hydrogen-bond donors (Lipinski definition) is 0. The fraction of sp³-hybridized carbons (Fsp3) is 0.0526. The summed E-state index contributed by atoms with van der Waals surface area (Å²) in [5.41, 5.74) is 20.8. The second-order valence-electron chi connectivity index (χ2n) is 16.5. The first kappa shape index (κ1) is 32.2. The zero-order valence-electron chi connectivity index (χ0n) is 32.0. The van der Waals surface area contributed by atoms with Crippen molar-refractivity contribution in [3.8, 4) is 77.9 Å². The van der Waals surface area contributed by atoms with Crippen molar-refractivity contribution in [2.75, 3.05) is 0 Å². The predicted molar refractivity (Wildman–Crippen MR) is 243 cm³/mol. The van der Waals surface area contributed by atoms with Crippen LogP contribution in [-0.4, -0.2) is 0 Å². The molecule has 0 saturated heterocycles. The Morgan fingerprint density at radius 2 is 0.684 bits per heavy atom. The van der Waals surface area contributed by atoms with Crippen molar-refractivity contribution in [1.29, 1.82) is 0 Å². The quantitative estimate of drug-likeness (QED) is 0.170. The highest BCUT2D eigenvalue weighted by atomic mass is 14.4. The summed E-state index contributed by atoms with van der Waals surface area (Å²) in [6.45, 7) is 4.76. The minimum Gasteiger partial charge on any atom is -0.0616 e. The van der Waals surface area contributed by atoms with Gasteiger partial charge in [0, 0.05) is 5.41 Å². The van der Waals surface area contributed by atoms with Crippen LogP contribution in [0.3, 0.4) is 0 Å². The van der Waals surface area contributed by atoms with E-state index in [0.29, 0.717) is 0 Å². The van der Waals surface area contributed by atoms with Gasteiger partial charge in [0.05, 0.1) is 0 Å². The highest BCUT2D eigenvalue weighted by Gasteiger charge is 2.36. The van der Waals surface area contributed by atoms with Crippen LogP contribution in [0, 0.1) is 0 Å². The highest BCUT2D eigenvalue weighted by molar-refractivity contribution is 6.18. The van der Waals surface area contributed by atoms with Gasteiger partial charge in [-0.15, -0.1) is 0 Å². The van der Waals surface area contributed by atoms with Crippen molar-refractivity contribution in [2.45, 2.75) is 19.3 Å². The van der Waals surface area contributed by atoms with Gasteiger partial charge in [0.15, 0.2) is 0 Å². The molecule has 0 unspecified atom stereocenters. The molecule has 0 saturated carbocycles. The third-order valence-corrected chi connectivity index (χ3v) is 13.0. The molecule has 0 fully saturated rings. The van der Waals surface area contributed by atoms with Crippen LogP contribution in [0.5, 0.6) is 0 Å². The zero-order valence-corrected chi connectivity index (χ0v) is 32.0. The number of rotatable bonds is 4. The fourth-order valence-corrected chi connectivity index (χ4v) is 10.00. The second kappa shape index (κ2) is 12.0. The molecule has 12 rings (SSSR count). The largest absolute Gasteiger partial charge is 0.0616 e. The van der Waals surface area contributed by atoms with Gasteiger partial charge in [0.1, 0.15) is 0 Å². The maximum atomic E-state index is 2.44. The maximum Gasteiger partial charge on any atom is 0.0159 e. The summed E-state index contributed by atoms with van der Waals surface area (Å²) >= 11 is 0. The molecule has 266 valence electrons. The topological polar surface area (TPSA) is 0 Å². The van der Waals surface area contributed by atoms with Gasteiger partial charge in [-0.1, -0.05) is 172 Å². The fourth-order valence-electron chi connectivity index (χ4n) is 10.00. The van der Waals surface area contributed by atoms with Gasteiger partial charge in [-0.3, -0.25) is 0 Å². The average Bonchev–Trinajstić information content (AvgIpc) is 3.71. The normalized spacial score (nSPS) is 13.2. The Morgan fingerprint density at radius 1 is 0.263 bits per heavy atom. The Labute approximate surface area is 333 Å². The first-order chi connectivity index (χ1) is 28.0. The minimum atomic E-state index is -0.106. The predicted octanol–water partition coefficient (Wildman–Crippen LogP) is 15.8. The lowest BCUT2D eigenvalue weighted by Crippen LogP contribution is -2.15. The van der Waals surface area contributed by atoms with Gasteiger partial charge in [-0.2, -0.15) is 0 Å². The Bertz CT molecular complexity index is 3290. The molecule has 2 aliphatic carbocycles. The summed E-state index contributed by atoms with van der Waals surface area (Å²) in [4.78, 5) is 0. The first-order valence-corrected chi connectivity index (χ1v) is 20.1. The molecule has 0 heterocycles. The Balaban J connectivity index is 0.857. The Morgan fingerprint density at radius 3 is 1.33 bits per heavy atom. The zero-order chi connectivity index (χ0) is 37.8. The van der Waals surface area contributed by atoms with Gasteiger partial charge < -0.3 is 0 Å². The van der Waals surface area contributed by atoms with E-state index in [-0.39, 0.29) is 5.41 Å². The second-order valence-corrected chi connectivity index (χ2v) is 16.5. The van der Waals surface area contributed by atoms with Crippen LogP contribution in [0.1, 0.15) is 25.0 Å². The first-order valence-electron chi connectivity index (χ1n) is 20.1. The van der Waals surface area contributed by atoms with E-state index in [0.717, 1.165) is 0 Å². The van der Waals surface area contributed by atoms with Crippen LogP contribution in [-0.2, 0) is 5.41 Å². The summed E-state index contributed by atoms with van der Waals surface area (Å²) in [7, 11) is 0. The SMILES string of the molecule is CC1(C)c2cc(-c3ccc4ccccc4c3)ccc2-c2ccc(-c3ccc4cc(-c5cccc(-c6ccc7c8c(cccc68)-c6ccccc6-7)c5)ccc4c3)cc21. The molecular formula is C57H38. The summed E-state index contributed by atoms with van der Waals surface area (Å²) in [5, 5.41) is 7.74. The van der Waals surface area contributed by atoms with Crippen LogP contribution >= 0.6 is 0 Å². The third-order valence-electron chi connectivity index (χ3n) is 13.0. The van der Waals surface area contributed by atoms with Crippen LogP contribution in [0.25, 0.3) is 110 Å². The molecule has 0 spiro atoms. The molecule has 0 radical (unpaired) electrons. The molecule has 0 atom stereocenters. The molecule has 0 amide bonds. The number of hydrogen-bond acceptors (Lipinski definition) is 0. The lowest BCUT2D eigenvalue weighted by molar-refractivity contribution is 0.661. The van der Waals surface area contributed by atoms with Crippen molar-refractivity contribution < 1.29 is 0 Å². The third kappa shape index (κ3) is 4.87. The van der Waals surface area contributed by atoms with E-state index in [1.165, 1.54) is 121 Å². The molecule has 0 aliphatic heterocycles.